The first kappa shape index (κ1) is 20.0. The minimum atomic E-state index is -0.618. The van der Waals surface area contributed by atoms with Crippen LogP contribution in [0.2, 0.25) is 0 Å². The normalized spacial score (nSPS) is 13.2. The molecule has 2 heterocycles. The van der Waals surface area contributed by atoms with E-state index >= 15 is 0 Å². The number of nitrogens with one attached hydrogen (secondary N) is 2. The molecular weight excluding hydrogens is 378 g/mol. The molecule has 0 aliphatic carbocycles. The van der Waals surface area contributed by atoms with Crippen molar-refractivity contribution in [2.45, 2.75) is 26.0 Å². The first-order chi connectivity index (χ1) is 13.4. The van der Waals surface area contributed by atoms with Crippen LogP contribution in [-0.2, 0) is 11.3 Å². The number of ether oxygens (including phenoxy) is 2. The van der Waals surface area contributed by atoms with E-state index in [0.29, 0.717) is 29.4 Å². The third-order valence-corrected chi connectivity index (χ3v) is 4.59. The van der Waals surface area contributed by atoms with Crippen LogP contribution in [0.25, 0.3) is 0 Å². The van der Waals surface area contributed by atoms with Gasteiger partial charge in [-0.1, -0.05) is 6.07 Å². The largest absolute Gasteiger partial charge is 0.490 e. The summed E-state index contributed by atoms with van der Waals surface area (Å²) < 4.78 is 18.3. The molecule has 1 aliphatic heterocycles. The number of nitrogens with zero attached hydrogens (tertiary/aromatic N) is 2. The van der Waals surface area contributed by atoms with Crippen LogP contribution in [0, 0.1) is 0 Å². The van der Waals surface area contributed by atoms with Gasteiger partial charge in [-0.25, -0.2) is 0 Å². The topological polar surface area (TPSA) is 111 Å². The number of fused-ring (bicyclic) bond motifs is 1. The summed E-state index contributed by atoms with van der Waals surface area (Å²) in [5.74, 6) is 0.807. The van der Waals surface area contributed by atoms with Crippen LogP contribution in [-0.4, -0.2) is 36.0 Å². The standard InChI is InChI=1S/C19H23N5O3S/c1-19(2,22-18(25)12-7-8-21-13(9-12)10-26-3)11-27-15-6-4-5-14-16(15)17(20)24-28-23-14/h4-9,23H,10-11H2,1-3H3,(H2,20,24)(H,22,25). The molecule has 0 bridgehead atoms. The third kappa shape index (κ3) is 4.73. The van der Waals surface area contributed by atoms with Crippen LogP contribution >= 0.6 is 12.1 Å². The van der Waals surface area contributed by atoms with Crippen LogP contribution in [0.5, 0.6) is 5.75 Å². The average Bonchev–Trinajstić information content (AvgIpc) is 2.67. The Balaban J connectivity index is 1.67. The van der Waals surface area contributed by atoms with Gasteiger partial charge in [-0.2, -0.15) is 4.40 Å². The maximum atomic E-state index is 12.6. The second kappa shape index (κ2) is 8.49. The highest BCUT2D eigenvalue weighted by Gasteiger charge is 2.24. The number of carbonyl (C=O) groups excluding carboxylic acids is 1. The molecule has 0 saturated carbocycles. The highest BCUT2D eigenvalue weighted by atomic mass is 32.2. The van der Waals surface area contributed by atoms with Gasteiger partial charge in [0.05, 0.1) is 41.2 Å². The fourth-order valence-corrected chi connectivity index (χ4v) is 3.19. The molecule has 148 valence electrons. The smallest absolute Gasteiger partial charge is 0.251 e. The van der Waals surface area contributed by atoms with Crippen LogP contribution < -0.4 is 20.5 Å². The zero-order valence-electron chi connectivity index (χ0n) is 16.0. The number of nitrogens with two attached hydrogens (primary N) is 1. The van der Waals surface area contributed by atoms with Gasteiger partial charge in [0.15, 0.2) is 0 Å². The van der Waals surface area contributed by atoms with Crippen molar-refractivity contribution in [2.75, 3.05) is 18.4 Å². The Kier molecular flexibility index (Phi) is 6.05. The Hall–Kier alpha value is -2.78. The van der Waals surface area contributed by atoms with E-state index in [1.807, 2.05) is 32.0 Å². The molecule has 0 fully saturated rings. The Morgan fingerprint density at radius 3 is 2.96 bits per heavy atom. The Labute approximate surface area is 168 Å². The highest BCUT2D eigenvalue weighted by molar-refractivity contribution is 7.99. The van der Waals surface area contributed by atoms with Crippen molar-refractivity contribution in [3.8, 4) is 5.75 Å². The number of hydrogen-bond acceptors (Lipinski definition) is 8. The molecule has 28 heavy (non-hydrogen) atoms. The fraction of sp³-hybridized carbons (Fsp3) is 0.316. The first-order valence-corrected chi connectivity index (χ1v) is 9.45. The number of hydrogen-bond donors (Lipinski definition) is 3. The van der Waals surface area contributed by atoms with Gasteiger partial charge in [-0.3, -0.25) is 9.78 Å². The van der Waals surface area contributed by atoms with E-state index in [2.05, 4.69) is 19.4 Å². The van der Waals surface area contributed by atoms with Gasteiger partial charge in [0.25, 0.3) is 5.91 Å². The molecule has 0 saturated heterocycles. The molecule has 1 amide bonds. The van der Waals surface area contributed by atoms with Gasteiger partial charge in [-0.15, -0.1) is 0 Å². The van der Waals surface area contributed by atoms with Crippen molar-refractivity contribution < 1.29 is 14.3 Å². The summed E-state index contributed by atoms with van der Waals surface area (Å²) in [6, 6.07) is 8.99. The molecule has 0 spiro atoms. The molecule has 1 aliphatic rings. The lowest BCUT2D eigenvalue weighted by Gasteiger charge is -2.27. The second-order valence-corrected chi connectivity index (χ2v) is 7.51. The van der Waals surface area contributed by atoms with Crippen molar-refractivity contribution in [1.29, 1.82) is 0 Å². The Bertz CT molecular complexity index is 901. The average molecular weight is 401 g/mol. The van der Waals surface area contributed by atoms with Crippen LogP contribution in [0.3, 0.4) is 0 Å². The van der Waals surface area contributed by atoms with Crippen molar-refractivity contribution >= 4 is 29.6 Å². The number of benzene rings is 1. The third-order valence-electron chi connectivity index (χ3n) is 3.99. The van der Waals surface area contributed by atoms with E-state index in [1.54, 1.807) is 25.4 Å². The summed E-state index contributed by atoms with van der Waals surface area (Å²) in [6.45, 7) is 4.39. The molecular formula is C19H23N5O3S. The van der Waals surface area contributed by atoms with Crippen molar-refractivity contribution in [2.24, 2.45) is 10.1 Å². The first-order valence-electron chi connectivity index (χ1n) is 8.68. The summed E-state index contributed by atoms with van der Waals surface area (Å²) in [5, 5.41) is 2.99. The predicted molar refractivity (Wildman–Crippen MR) is 110 cm³/mol. The molecule has 8 nitrogen and oxygen atoms in total. The molecule has 2 aromatic rings. The molecule has 0 unspecified atom stereocenters. The van der Waals surface area contributed by atoms with Gasteiger partial charge >= 0.3 is 0 Å². The number of carbonyl (C=O) groups is 1. The Morgan fingerprint density at radius 2 is 2.18 bits per heavy atom. The molecule has 0 atom stereocenters. The molecule has 9 heteroatoms. The molecule has 1 aromatic carbocycles. The molecule has 3 rings (SSSR count). The van der Waals surface area contributed by atoms with Crippen LogP contribution in [0.15, 0.2) is 40.9 Å². The van der Waals surface area contributed by atoms with E-state index in [9.17, 15) is 4.79 Å². The van der Waals surface area contributed by atoms with Crippen molar-refractivity contribution in [3.63, 3.8) is 0 Å². The Morgan fingerprint density at radius 1 is 1.36 bits per heavy atom. The lowest BCUT2D eigenvalue weighted by molar-refractivity contribution is 0.0880. The summed E-state index contributed by atoms with van der Waals surface area (Å²) in [7, 11) is 1.59. The monoisotopic (exact) mass is 401 g/mol. The van der Waals surface area contributed by atoms with E-state index in [-0.39, 0.29) is 12.5 Å². The maximum Gasteiger partial charge on any atom is 0.251 e. The summed E-state index contributed by atoms with van der Waals surface area (Å²) in [5.41, 5.74) is 8.17. The molecule has 0 radical (unpaired) electrons. The summed E-state index contributed by atoms with van der Waals surface area (Å²) in [4.78, 5) is 16.8. The lowest BCUT2D eigenvalue weighted by atomic mass is 10.1. The summed E-state index contributed by atoms with van der Waals surface area (Å²) in [6.07, 6.45) is 1.59. The summed E-state index contributed by atoms with van der Waals surface area (Å²) >= 11 is 1.17. The number of amides is 1. The molecule has 1 aromatic heterocycles. The second-order valence-electron chi connectivity index (χ2n) is 6.94. The number of anilines is 1. The number of aromatic nitrogens is 1. The van der Waals surface area contributed by atoms with Gasteiger partial charge in [-0.05, 0) is 38.1 Å². The minimum Gasteiger partial charge on any atom is -0.490 e. The zero-order chi connectivity index (χ0) is 20.1. The van der Waals surface area contributed by atoms with E-state index < -0.39 is 5.54 Å². The van der Waals surface area contributed by atoms with Gasteiger partial charge in [0, 0.05) is 18.9 Å². The zero-order valence-corrected chi connectivity index (χ0v) is 16.8. The fourth-order valence-electron chi connectivity index (χ4n) is 2.69. The van der Waals surface area contributed by atoms with Gasteiger partial charge < -0.3 is 25.2 Å². The quantitative estimate of drug-likeness (QED) is 0.611. The lowest BCUT2D eigenvalue weighted by Crippen LogP contribution is -2.48. The van der Waals surface area contributed by atoms with Crippen molar-refractivity contribution in [3.05, 3.63) is 53.3 Å². The maximum absolute atomic E-state index is 12.6. The van der Waals surface area contributed by atoms with E-state index in [1.165, 1.54) is 12.1 Å². The van der Waals surface area contributed by atoms with Gasteiger partial charge in [0.2, 0.25) is 0 Å². The van der Waals surface area contributed by atoms with E-state index in [0.717, 1.165) is 11.3 Å². The van der Waals surface area contributed by atoms with Crippen LogP contribution in [0.1, 0.15) is 35.5 Å². The number of amidine groups is 1. The number of rotatable bonds is 7. The SMILES string of the molecule is COCc1cc(C(=O)NC(C)(C)COc2cccc3c2C(N)=NSN3)ccn1. The molecule has 4 N–H and O–H groups in total. The predicted octanol–water partition coefficient (Wildman–Crippen LogP) is 2.51. The van der Waals surface area contributed by atoms with E-state index in [4.69, 9.17) is 15.2 Å². The van der Waals surface area contributed by atoms with Gasteiger partial charge in [0.1, 0.15) is 18.2 Å². The van der Waals surface area contributed by atoms with Crippen LogP contribution in [0.4, 0.5) is 5.69 Å². The number of pyridine rings is 1. The minimum absolute atomic E-state index is 0.206. The van der Waals surface area contributed by atoms with Crippen molar-refractivity contribution in [1.82, 2.24) is 10.3 Å². The number of methoxy groups -OCH3 is 1. The highest BCUT2D eigenvalue weighted by Crippen LogP contribution is 2.32.